The van der Waals surface area contributed by atoms with Gasteiger partial charge < -0.3 is 25.6 Å². The average Bonchev–Trinajstić information content (AvgIpc) is 2.95. The Kier molecular flexibility index (Phi) is 8.92. The first-order chi connectivity index (χ1) is 18.1. The molecule has 1 aliphatic heterocycles. The van der Waals surface area contributed by atoms with E-state index in [1.54, 1.807) is 48.7 Å². The number of amides is 3. The van der Waals surface area contributed by atoms with Gasteiger partial charge in [0.05, 0.1) is 24.5 Å². The van der Waals surface area contributed by atoms with E-state index in [0.29, 0.717) is 35.7 Å². The summed E-state index contributed by atoms with van der Waals surface area (Å²) < 4.78 is 5.38. The van der Waals surface area contributed by atoms with Crippen molar-refractivity contribution >= 4 is 35.3 Å². The molecular formula is C27H28N6O4. The van der Waals surface area contributed by atoms with E-state index in [4.69, 9.17) is 4.74 Å². The minimum absolute atomic E-state index is 0.168. The summed E-state index contributed by atoms with van der Waals surface area (Å²) in [6.45, 7) is 3.46. The fourth-order valence-corrected chi connectivity index (χ4v) is 3.60. The van der Waals surface area contributed by atoms with Crippen LogP contribution in [0.5, 0.6) is 0 Å². The predicted molar refractivity (Wildman–Crippen MR) is 141 cm³/mol. The van der Waals surface area contributed by atoms with Gasteiger partial charge in [0, 0.05) is 49.8 Å². The van der Waals surface area contributed by atoms with Crippen molar-refractivity contribution < 1.29 is 19.1 Å². The van der Waals surface area contributed by atoms with Crippen molar-refractivity contribution in [3.63, 3.8) is 0 Å². The second kappa shape index (κ2) is 12.9. The van der Waals surface area contributed by atoms with E-state index >= 15 is 0 Å². The number of anilines is 2. The van der Waals surface area contributed by atoms with Gasteiger partial charge in [-0.15, -0.1) is 0 Å². The van der Waals surface area contributed by atoms with Crippen molar-refractivity contribution in [1.29, 1.82) is 0 Å². The molecule has 190 valence electrons. The number of carbonyl (C=O) groups is 3. The molecule has 0 aliphatic carbocycles. The number of ketones is 1. The molecule has 10 nitrogen and oxygen atoms in total. The van der Waals surface area contributed by atoms with Gasteiger partial charge in [-0.2, -0.15) is 0 Å². The van der Waals surface area contributed by atoms with E-state index in [2.05, 4.69) is 30.8 Å². The van der Waals surface area contributed by atoms with Gasteiger partial charge in [-0.1, -0.05) is 6.07 Å². The molecule has 10 heteroatoms. The maximum Gasteiger partial charge on any atom is 0.319 e. The number of allylic oxidation sites excluding steroid dienone is 1. The zero-order valence-electron chi connectivity index (χ0n) is 20.2. The lowest BCUT2D eigenvalue weighted by Gasteiger charge is -2.27. The quantitative estimate of drug-likeness (QED) is 0.234. The summed E-state index contributed by atoms with van der Waals surface area (Å²) >= 11 is 0. The van der Waals surface area contributed by atoms with Crippen LogP contribution in [0.4, 0.5) is 16.3 Å². The van der Waals surface area contributed by atoms with Crippen LogP contribution in [0.3, 0.4) is 0 Å². The molecule has 3 heterocycles. The minimum Gasteiger partial charge on any atom is -0.378 e. The van der Waals surface area contributed by atoms with Crippen molar-refractivity contribution in [2.45, 2.75) is 0 Å². The largest absolute Gasteiger partial charge is 0.378 e. The van der Waals surface area contributed by atoms with Gasteiger partial charge in [0.15, 0.2) is 5.78 Å². The van der Waals surface area contributed by atoms with Crippen LogP contribution in [-0.2, 0) is 4.74 Å². The third-order valence-electron chi connectivity index (χ3n) is 5.54. The average molecular weight is 501 g/mol. The van der Waals surface area contributed by atoms with Crippen LogP contribution in [0, 0.1) is 0 Å². The topological polar surface area (TPSA) is 126 Å². The summed E-state index contributed by atoms with van der Waals surface area (Å²) in [5.41, 5.74) is 2.18. The lowest BCUT2D eigenvalue weighted by atomic mass is 10.1. The summed E-state index contributed by atoms with van der Waals surface area (Å²) in [6, 6.07) is 15.2. The summed E-state index contributed by atoms with van der Waals surface area (Å²) in [4.78, 5) is 47.3. The molecule has 0 atom stereocenters. The predicted octanol–water partition coefficient (Wildman–Crippen LogP) is 2.76. The minimum atomic E-state index is -0.416. The molecular weight excluding hydrogens is 472 g/mol. The number of pyridine rings is 2. The number of rotatable bonds is 9. The molecule has 0 bridgehead atoms. The summed E-state index contributed by atoms with van der Waals surface area (Å²) in [7, 11) is 0. The van der Waals surface area contributed by atoms with Gasteiger partial charge in [0.2, 0.25) is 0 Å². The number of ether oxygens (including phenoxy) is 1. The second-order valence-corrected chi connectivity index (χ2v) is 8.17. The molecule has 0 unspecified atom stereocenters. The molecule has 1 aliphatic rings. The molecule has 4 rings (SSSR count). The van der Waals surface area contributed by atoms with Crippen molar-refractivity contribution in [3.05, 3.63) is 89.9 Å². The van der Waals surface area contributed by atoms with Crippen molar-refractivity contribution in [2.24, 2.45) is 0 Å². The van der Waals surface area contributed by atoms with Crippen LogP contribution in [0.1, 0.15) is 26.4 Å². The maximum absolute atomic E-state index is 12.6. The zero-order valence-corrected chi connectivity index (χ0v) is 20.2. The number of urea groups is 1. The van der Waals surface area contributed by atoms with Crippen molar-refractivity contribution in [3.8, 4) is 0 Å². The number of hydrogen-bond donors (Lipinski definition) is 3. The number of morpholine rings is 1. The van der Waals surface area contributed by atoms with Gasteiger partial charge in [0.1, 0.15) is 5.82 Å². The van der Waals surface area contributed by atoms with E-state index in [9.17, 15) is 14.4 Å². The molecule has 1 aromatic carbocycles. The number of hydrogen-bond acceptors (Lipinski definition) is 7. The van der Waals surface area contributed by atoms with Crippen LogP contribution >= 0.6 is 0 Å². The Morgan fingerprint density at radius 1 is 0.919 bits per heavy atom. The smallest absolute Gasteiger partial charge is 0.319 e. The normalized spacial score (nSPS) is 13.2. The fraction of sp³-hybridized carbons (Fsp3) is 0.222. The molecule has 0 radical (unpaired) electrons. The third kappa shape index (κ3) is 7.71. The standard InChI is InChI=1S/C27H28N6O4/c34-24(11-10-22-4-1-5-25(31-22)33-15-17-37-18-16-33)20-6-8-23(9-7-20)32-27(36)30-14-13-29-26(35)21-3-2-12-28-19-21/h1-12,19H,13-18H2,(H,29,35)(H2,30,32,36)/b11-10+. The second-order valence-electron chi connectivity index (χ2n) is 8.17. The monoisotopic (exact) mass is 500 g/mol. The fourth-order valence-electron chi connectivity index (χ4n) is 3.60. The molecule has 3 N–H and O–H groups in total. The van der Waals surface area contributed by atoms with Crippen LogP contribution in [0.25, 0.3) is 6.08 Å². The number of benzene rings is 1. The van der Waals surface area contributed by atoms with E-state index in [-0.39, 0.29) is 24.8 Å². The summed E-state index contributed by atoms with van der Waals surface area (Å²) in [5, 5.41) is 8.07. The number of aromatic nitrogens is 2. The molecule has 0 saturated carbocycles. The molecule has 3 amide bonds. The molecule has 1 fully saturated rings. The van der Waals surface area contributed by atoms with Crippen molar-refractivity contribution in [1.82, 2.24) is 20.6 Å². The molecule has 3 aromatic rings. The first-order valence-electron chi connectivity index (χ1n) is 11.9. The highest BCUT2D eigenvalue weighted by molar-refractivity contribution is 6.07. The van der Waals surface area contributed by atoms with E-state index in [0.717, 1.165) is 18.9 Å². The highest BCUT2D eigenvalue weighted by atomic mass is 16.5. The number of nitrogens with one attached hydrogen (secondary N) is 3. The highest BCUT2D eigenvalue weighted by Crippen LogP contribution is 2.15. The summed E-state index contributed by atoms with van der Waals surface area (Å²) in [5.74, 6) is 0.437. The van der Waals surface area contributed by atoms with Gasteiger partial charge >= 0.3 is 6.03 Å². The van der Waals surface area contributed by atoms with Gasteiger partial charge in [-0.05, 0) is 60.7 Å². The van der Waals surface area contributed by atoms with Crippen LogP contribution in [-0.4, -0.2) is 67.1 Å². The van der Waals surface area contributed by atoms with E-state index in [1.165, 1.54) is 12.3 Å². The van der Waals surface area contributed by atoms with E-state index in [1.807, 2.05) is 18.2 Å². The van der Waals surface area contributed by atoms with Crippen LogP contribution in [0.15, 0.2) is 73.1 Å². The van der Waals surface area contributed by atoms with E-state index < -0.39 is 6.03 Å². The Labute approximate surface area is 214 Å². The number of carbonyl (C=O) groups excluding carboxylic acids is 3. The van der Waals surface area contributed by atoms with Gasteiger partial charge in [-0.25, -0.2) is 9.78 Å². The molecule has 0 spiro atoms. The van der Waals surface area contributed by atoms with Crippen LogP contribution in [0.2, 0.25) is 0 Å². The Hall–Kier alpha value is -4.57. The molecule has 37 heavy (non-hydrogen) atoms. The first-order valence-corrected chi connectivity index (χ1v) is 11.9. The van der Waals surface area contributed by atoms with Crippen molar-refractivity contribution in [2.75, 3.05) is 49.6 Å². The Bertz CT molecular complexity index is 1240. The first kappa shape index (κ1) is 25.5. The Morgan fingerprint density at radius 2 is 1.70 bits per heavy atom. The zero-order chi connectivity index (χ0) is 25.9. The Balaban J connectivity index is 1.22. The molecule has 2 aromatic heterocycles. The SMILES string of the molecule is O=C(NCCNC(=O)c1cccnc1)Nc1ccc(C(=O)/C=C/c2cccc(N3CCOCC3)n2)cc1. The lowest BCUT2D eigenvalue weighted by Crippen LogP contribution is -2.36. The van der Waals surface area contributed by atoms with Gasteiger partial charge in [0.25, 0.3) is 5.91 Å². The Morgan fingerprint density at radius 3 is 2.46 bits per heavy atom. The third-order valence-corrected chi connectivity index (χ3v) is 5.54. The number of nitrogens with zero attached hydrogens (tertiary/aromatic N) is 3. The highest BCUT2D eigenvalue weighted by Gasteiger charge is 2.12. The lowest BCUT2D eigenvalue weighted by molar-refractivity contribution is 0.0953. The van der Waals surface area contributed by atoms with Gasteiger partial charge in [-0.3, -0.25) is 14.6 Å². The summed E-state index contributed by atoms with van der Waals surface area (Å²) in [6.07, 6.45) is 6.24. The molecule has 1 saturated heterocycles. The van der Waals surface area contributed by atoms with Crippen LogP contribution < -0.4 is 20.9 Å². The maximum atomic E-state index is 12.6.